The van der Waals surface area contributed by atoms with Crippen LogP contribution < -0.4 is 5.32 Å². The van der Waals surface area contributed by atoms with Gasteiger partial charge in [0.2, 0.25) is 0 Å². The van der Waals surface area contributed by atoms with Gasteiger partial charge in [0.15, 0.2) is 0 Å². The van der Waals surface area contributed by atoms with E-state index in [1.165, 1.54) is 22.2 Å². The Hall–Kier alpha value is 0.140. The Balaban J connectivity index is 2.42. The highest BCUT2D eigenvalue weighted by molar-refractivity contribution is 9.10. The second kappa shape index (κ2) is 6.66. The highest BCUT2D eigenvalue weighted by atomic mass is 79.9. The van der Waals surface area contributed by atoms with E-state index in [9.17, 15) is 0 Å². The van der Waals surface area contributed by atoms with Crippen molar-refractivity contribution in [2.24, 2.45) is 5.92 Å². The molecule has 1 atom stereocenters. The van der Waals surface area contributed by atoms with Gasteiger partial charge in [0.25, 0.3) is 0 Å². The molecule has 0 fully saturated rings. The first-order valence-corrected chi connectivity index (χ1v) is 7.32. The van der Waals surface area contributed by atoms with E-state index in [2.05, 4.69) is 53.5 Å². The smallest absolute Gasteiger partial charge is 0.0397 e. The molecule has 15 heavy (non-hydrogen) atoms. The summed E-state index contributed by atoms with van der Waals surface area (Å²) in [4.78, 5) is 1.40. The Bertz CT molecular complexity index is 281. The van der Waals surface area contributed by atoms with Crippen molar-refractivity contribution < 1.29 is 0 Å². The molecule has 0 saturated heterocycles. The maximum Gasteiger partial charge on any atom is 0.0397 e. The van der Waals surface area contributed by atoms with Crippen LogP contribution in [0.25, 0.3) is 0 Å². The number of nitrogens with one attached hydrogen (secondary N) is 1. The fourth-order valence-electron chi connectivity index (χ4n) is 1.63. The van der Waals surface area contributed by atoms with Gasteiger partial charge in [-0.15, -0.1) is 11.3 Å². The third-order valence-corrected chi connectivity index (χ3v) is 4.96. The Labute approximate surface area is 105 Å². The normalized spacial score (nSPS) is 13.4. The first-order chi connectivity index (χ1) is 7.19. The van der Waals surface area contributed by atoms with Gasteiger partial charge >= 0.3 is 0 Å². The fourth-order valence-corrected chi connectivity index (χ4v) is 3.38. The zero-order valence-corrected chi connectivity index (χ0v) is 12.1. The van der Waals surface area contributed by atoms with Crippen LogP contribution >= 0.6 is 27.3 Å². The summed E-state index contributed by atoms with van der Waals surface area (Å²) in [5, 5.41) is 5.74. The Morgan fingerprint density at radius 3 is 2.53 bits per heavy atom. The molecule has 1 nitrogen and oxygen atoms in total. The Kier molecular flexibility index (Phi) is 5.87. The first kappa shape index (κ1) is 13.2. The second-order valence-corrected chi connectivity index (χ2v) is 5.75. The predicted molar refractivity (Wildman–Crippen MR) is 72.5 cm³/mol. The number of halogens is 1. The van der Waals surface area contributed by atoms with Crippen molar-refractivity contribution >= 4 is 27.3 Å². The molecule has 0 aromatic carbocycles. The minimum atomic E-state index is 0.458. The zero-order valence-electron chi connectivity index (χ0n) is 9.72. The molecule has 86 valence electrons. The van der Waals surface area contributed by atoms with E-state index < -0.39 is 0 Å². The molecule has 0 radical (unpaired) electrons. The molecule has 1 rings (SSSR count). The van der Waals surface area contributed by atoms with Crippen LogP contribution in [0.15, 0.2) is 15.9 Å². The Morgan fingerprint density at radius 2 is 2.07 bits per heavy atom. The van der Waals surface area contributed by atoms with Gasteiger partial charge in [-0.2, -0.15) is 0 Å². The summed E-state index contributed by atoms with van der Waals surface area (Å²) in [5.41, 5.74) is 0. The maximum atomic E-state index is 3.61. The van der Waals surface area contributed by atoms with E-state index in [0.717, 1.165) is 12.5 Å². The molecule has 0 bridgehead atoms. The van der Waals surface area contributed by atoms with Crippen molar-refractivity contribution in [3.05, 3.63) is 20.8 Å². The molecule has 0 amide bonds. The van der Waals surface area contributed by atoms with E-state index in [0.29, 0.717) is 6.04 Å². The lowest BCUT2D eigenvalue weighted by Crippen LogP contribution is -2.24. The lowest BCUT2D eigenvalue weighted by molar-refractivity contribution is 0.424. The molecule has 1 heterocycles. The highest BCUT2D eigenvalue weighted by Gasteiger charge is 2.11. The predicted octanol–water partition coefficient (Wildman–Crippen LogP) is 4.60. The molecule has 0 aliphatic heterocycles. The van der Waals surface area contributed by atoms with E-state index >= 15 is 0 Å². The molecule has 0 spiro atoms. The van der Waals surface area contributed by atoms with E-state index in [-0.39, 0.29) is 0 Å². The minimum Gasteiger partial charge on any atom is -0.309 e. The van der Waals surface area contributed by atoms with Crippen LogP contribution in [0.5, 0.6) is 0 Å². The summed E-state index contributed by atoms with van der Waals surface area (Å²) in [5.74, 6) is 0.811. The summed E-state index contributed by atoms with van der Waals surface area (Å²) < 4.78 is 1.23. The van der Waals surface area contributed by atoms with Gasteiger partial charge in [0.05, 0.1) is 0 Å². The van der Waals surface area contributed by atoms with Crippen molar-refractivity contribution in [1.29, 1.82) is 0 Å². The summed E-state index contributed by atoms with van der Waals surface area (Å²) in [6.45, 7) is 7.89. The molecule has 0 aliphatic carbocycles. The van der Waals surface area contributed by atoms with Gasteiger partial charge in [-0.3, -0.25) is 0 Å². The molecule has 1 aromatic rings. The van der Waals surface area contributed by atoms with Crippen molar-refractivity contribution in [2.45, 2.75) is 39.7 Å². The van der Waals surface area contributed by atoms with Crippen molar-refractivity contribution in [3.8, 4) is 0 Å². The molecule has 1 aromatic heterocycles. The van der Waals surface area contributed by atoms with Crippen LogP contribution in [-0.2, 0) is 0 Å². The molecule has 0 aliphatic rings. The SMILES string of the molecule is CCC(CC)CNC(C)c1sccc1Br. The van der Waals surface area contributed by atoms with Gasteiger partial charge in [0, 0.05) is 15.4 Å². The average molecular weight is 290 g/mol. The number of thiophene rings is 1. The summed E-state index contributed by atoms with van der Waals surface area (Å²) in [7, 11) is 0. The number of rotatable bonds is 6. The Morgan fingerprint density at radius 1 is 1.40 bits per heavy atom. The quantitative estimate of drug-likeness (QED) is 0.807. The van der Waals surface area contributed by atoms with Crippen LogP contribution in [0.2, 0.25) is 0 Å². The molecular formula is C12H20BrNS. The summed E-state index contributed by atoms with van der Waals surface area (Å²) in [6, 6.07) is 2.58. The molecule has 0 saturated carbocycles. The van der Waals surface area contributed by atoms with Crippen LogP contribution in [0.1, 0.15) is 44.5 Å². The fraction of sp³-hybridized carbons (Fsp3) is 0.667. The van der Waals surface area contributed by atoms with Crippen LogP contribution in [0.4, 0.5) is 0 Å². The number of hydrogen-bond acceptors (Lipinski definition) is 2. The minimum absolute atomic E-state index is 0.458. The molecule has 3 heteroatoms. The van der Waals surface area contributed by atoms with Crippen LogP contribution in [0, 0.1) is 5.92 Å². The van der Waals surface area contributed by atoms with Crippen molar-refractivity contribution in [1.82, 2.24) is 5.32 Å². The van der Waals surface area contributed by atoms with Gasteiger partial charge in [-0.05, 0) is 46.8 Å². The lowest BCUT2D eigenvalue weighted by Gasteiger charge is -2.18. The van der Waals surface area contributed by atoms with Gasteiger partial charge in [-0.25, -0.2) is 0 Å². The van der Waals surface area contributed by atoms with Crippen molar-refractivity contribution in [2.75, 3.05) is 6.54 Å². The highest BCUT2D eigenvalue weighted by Crippen LogP contribution is 2.28. The summed E-state index contributed by atoms with van der Waals surface area (Å²) >= 11 is 5.39. The van der Waals surface area contributed by atoms with E-state index in [4.69, 9.17) is 0 Å². The van der Waals surface area contributed by atoms with E-state index in [1.807, 2.05) is 11.3 Å². The monoisotopic (exact) mass is 289 g/mol. The third-order valence-electron chi connectivity index (χ3n) is 2.91. The standard InChI is InChI=1S/C12H20BrNS/c1-4-10(5-2)8-14-9(3)12-11(13)6-7-15-12/h6-7,9-10,14H,4-5,8H2,1-3H3. The average Bonchev–Trinajstić information content (AvgIpc) is 2.66. The third kappa shape index (κ3) is 3.89. The molecular weight excluding hydrogens is 270 g/mol. The first-order valence-electron chi connectivity index (χ1n) is 5.65. The second-order valence-electron chi connectivity index (χ2n) is 3.95. The largest absolute Gasteiger partial charge is 0.309 e. The summed E-state index contributed by atoms with van der Waals surface area (Å²) in [6.07, 6.45) is 2.53. The number of hydrogen-bond donors (Lipinski definition) is 1. The van der Waals surface area contributed by atoms with Gasteiger partial charge in [0.1, 0.15) is 0 Å². The van der Waals surface area contributed by atoms with Crippen LogP contribution in [-0.4, -0.2) is 6.54 Å². The van der Waals surface area contributed by atoms with Crippen LogP contribution in [0.3, 0.4) is 0 Å². The molecule has 1 N–H and O–H groups in total. The zero-order chi connectivity index (χ0) is 11.3. The van der Waals surface area contributed by atoms with Gasteiger partial charge < -0.3 is 5.32 Å². The molecule has 1 unspecified atom stereocenters. The van der Waals surface area contributed by atoms with Gasteiger partial charge in [-0.1, -0.05) is 26.7 Å². The topological polar surface area (TPSA) is 12.0 Å². The lowest BCUT2D eigenvalue weighted by atomic mass is 10.0. The van der Waals surface area contributed by atoms with Crippen molar-refractivity contribution in [3.63, 3.8) is 0 Å². The van der Waals surface area contributed by atoms with E-state index in [1.54, 1.807) is 0 Å². The maximum absolute atomic E-state index is 3.61.